The van der Waals surface area contributed by atoms with Gasteiger partial charge in [-0.25, -0.2) is 4.98 Å². The lowest BCUT2D eigenvalue weighted by Crippen LogP contribution is -2.30. The highest BCUT2D eigenvalue weighted by atomic mass is 79.9. The Bertz CT molecular complexity index is 381. The summed E-state index contributed by atoms with van der Waals surface area (Å²) >= 11 is 3.40. The Morgan fingerprint density at radius 2 is 2.12 bits per heavy atom. The summed E-state index contributed by atoms with van der Waals surface area (Å²) in [7, 11) is 2.18. The minimum Gasteiger partial charge on any atom is -0.306 e. The van der Waals surface area contributed by atoms with E-state index in [9.17, 15) is 0 Å². The topological polar surface area (TPSA) is 16.1 Å². The molecule has 3 heteroatoms. The second-order valence-electron chi connectivity index (χ2n) is 4.45. The molecular formula is C13H17BrN2. The first-order chi connectivity index (χ1) is 7.66. The Kier molecular flexibility index (Phi) is 3.77. The van der Waals surface area contributed by atoms with E-state index < -0.39 is 0 Å². The normalized spacial score (nSPS) is 18.6. The van der Waals surface area contributed by atoms with E-state index in [-0.39, 0.29) is 0 Å². The van der Waals surface area contributed by atoms with Crippen LogP contribution in [0, 0.1) is 5.92 Å². The van der Waals surface area contributed by atoms with Crippen LogP contribution in [-0.4, -0.2) is 30.0 Å². The molecule has 0 aromatic carbocycles. The van der Waals surface area contributed by atoms with Gasteiger partial charge in [0.25, 0.3) is 0 Å². The molecule has 86 valence electrons. The van der Waals surface area contributed by atoms with Gasteiger partial charge in [0.1, 0.15) is 4.60 Å². The zero-order valence-corrected chi connectivity index (χ0v) is 11.2. The van der Waals surface area contributed by atoms with Crippen LogP contribution in [0.1, 0.15) is 18.5 Å². The van der Waals surface area contributed by atoms with E-state index in [0.717, 1.165) is 23.4 Å². The Labute approximate surface area is 106 Å². The Morgan fingerprint density at radius 3 is 2.75 bits per heavy atom. The molecular weight excluding hydrogens is 264 g/mol. The predicted molar refractivity (Wildman–Crippen MR) is 71.2 cm³/mol. The lowest BCUT2D eigenvalue weighted by molar-refractivity contribution is 0.248. The maximum absolute atomic E-state index is 4.47. The van der Waals surface area contributed by atoms with Gasteiger partial charge in [-0.3, -0.25) is 0 Å². The molecule has 0 N–H and O–H groups in total. The molecule has 2 nitrogen and oxygen atoms in total. The SMILES string of the molecule is C=C(c1cccc(Br)n1)C1CCN(C)CC1. The maximum atomic E-state index is 4.47. The molecule has 0 unspecified atom stereocenters. The minimum atomic E-state index is 0.595. The van der Waals surface area contributed by atoms with Crippen LogP contribution in [0.5, 0.6) is 0 Å². The lowest BCUT2D eigenvalue weighted by Gasteiger charge is -2.30. The average Bonchev–Trinajstić information content (AvgIpc) is 2.29. The van der Waals surface area contributed by atoms with Crippen molar-refractivity contribution in [1.82, 2.24) is 9.88 Å². The summed E-state index contributed by atoms with van der Waals surface area (Å²) in [6.07, 6.45) is 2.40. The third-order valence-corrected chi connectivity index (χ3v) is 3.70. The molecule has 0 spiro atoms. The lowest BCUT2D eigenvalue weighted by atomic mass is 9.88. The number of likely N-dealkylation sites (tertiary alicyclic amines) is 1. The van der Waals surface area contributed by atoms with Gasteiger partial charge in [0.05, 0.1) is 5.69 Å². The number of hydrogen-bond acceptors (Lipinski definition) is 2. The van der Waals surface area contributed by atoms with Gasteiger partial charge in [0, 0.05) is 0 Å². The number of allylic oxidation sites excluding steroid dienone is 1. The van der Waals surface area contributed by atoms with Crippen LogP contribution in [0.4, 0.5) is 0 Å². The van der Waals surface area contributed by atoms with Gasteiger partial charge < -0.3 is 4.90 Å². The minimum absolute atomic E-state index is 0.595. The predicted octanol–water partition coefficient (Wildman–Crippen LogP) is 3.20. The maximum Gasteiger partial charge on any atom is 0.106 e. The summed E-state index contributed by atoms with van der Waals surface area (Å²) in [5.41, 5.74) is 2.22. The van der Waals surface area contributed by atoms with Crippen LogP contribution < -0.4 is 0 Å². The molecule has 0 saturated carbocycles. The Morgan fingerprint density at radius 1 is 1.44 bits per heavy atom. The standard InChI is InChI=1S/C13H17BrN2/c1-10(11-6-8-16(2)9-7-11)12-4-3-5-13(14)15-12/h3-5,11H,1,6-9H2,2H3. The molecule has 1 aromatic rings. The second-order valence-corrected chi connectivity index (χ2v) is 5.26. The fourth-order valence-electron chi connectivity index (χ4n) is 2.15. The highest BCUT2D eigenvalue weighted by Crippen LogP contribution is 2.29. The third-order valence-electron chi connectivity index (χ3n) is 3.26. The van der Waals surface area contributed by atoms with E-state index in [1.165, 1.54) is 18.4 Å². The van der Waals surface area contributed by atoms with Crippen LogP contribution in [-0.2, 0) is 0 Å². The second kappa shape index (κ2) is 5.11. The number of rotatable bonds is 2. The van der Waals surface area contributed by atoms with E-state index in [2.05, 4.69) is 39.4 Å². The third kappa shape index (κ3) is 2.71. The van der Waals surface area contributed by atoms with Crippen molar-refractivity contribution in [2.24, 2.45) is 5.92 Å². The molecule has 0 radical (unpaired) electrons. The van der Waals surface area contributed by atoms with E-state index in [1.54, 1.807) is 0 Å². The highest BCUT2D eigenvalue weighted by molar-refractivity contribution is 9.10. The fourth-order valence-corrected chi connectivity index (χ4v) is 2.50. The molecule has 1 aliphatic rings. The zero-order valence-electron chi connectivity index (χ0n) is 9.62. The molecule has 1 aliphatic heterocycles. The first-order valence-corrected chi connectivity index (χ1v) is 6.46. The fraction of sp³-hybridized carbons (Fsp3) is 0.462. The average molecular weight is 281 g/mol. The summed E-state index contributed by atoms with van der Waals surface area (Å²) in [5.74, 6) is 0.595. The van der Waals surface area contributed by atoms with Crippen molar-refractivity contribution in [2.45, 2.75) is 12.8 Å². The number of pyridine rings is 1. The molecule has 1 aromatic heterocycles. The van der Waals surface area contributed by atoms with Crippen molar-refractivity contribution in [1.29, 1.82) is 0 Å². The van der Waals surface area contributed by atoms with Crippen molar-refractivity contribution in [3.05, 3.63) is 35.1 Å². The van der Waals surface area contributed by atoms with Crippen LogP contribution in [0.3, 0.4) is 0 Å². The number of hydrogen-bond donors (Lipinski definition) is 0. The van der Waals surface area contributed by atoms with Crippen molar-refractivity contribution < 1.29 is 0 Å². The smallest absolute Gasteiger partial charge is 0.106 e. The van der Waals surface area contributed by atoms with Crippen molar-refractivity contribution in [3.63, 3.8) is 0 Å². The first-order valence-electron chi connectivity index (χ1n) is 5.67. The molecule has 0 aliphatic carbocycles. The van der Waals surface area contributed by atoms with Gasteiger partial charge in [-0.1, -0.05) is 12.6 Å². The molecule has 2 rings (SSSR count). The van der Waals surface area contributed by atoms with E-state index >= 15 is 0 Å². The van der Waals surface area contributed by atoms with Gasteiger partial charge >= 0.3 is 0 Å². The molecule has 16 heavy (non-hydrogen) atoms. The summed E-state index contributed by atoms with van der Waals surface area (Å²) < 4.78 is 0.888. The summed E-state index contributed by atoms with van der Waals surface area (Å²) in [4.78, 5) is 6.84. The highest BCUT2D eigenvalue weighted by Gasteiger charge is 2.20. The number of nitrogens with zero attached hydrogens (tertiary/aromatic N) is 2. The molecule has 0 amide bonds. The van der Waals surface area contributed by atoms with Gasteiger partial charge in [-0.05, 0) is 72.5 Å². The van der Waals surface area contributed by atoms with Crippen molar-refractivity contribution >= 4 is 21.5 Å². The summed E-state index contributed by atoms with van der Waals surface area (Å²) in [5, 5.41) is 0. The van der Waals surface area contributed by atoms with Crippen molar-refractivity contribution in [3.8, 4) is 0 Å². The van der Waals surface area contributed by atoms with Crippen LogP contribution >= 0.6 is 15.9 Å². The number of halogens is 1. The van der Waals surface area contributed by atoms with Gasteiger partial charge in [-0.2, -0.15) is 0 Å². The molecule has 1 saturated heterocycles. The molecule has 0 atom stereocenters. The summed E-state index contributed by atoms with van der Waals surface area (Å²) in [6, 6.07) is 6.02. The monoisotopic (exact) mass is 280 g/mol. The Balaban J connectivity index is 2.08. The van der Waals surface area contributed by atoms with Gasteiger partial charge in [0.15, 0.2) is 0 Å². The van der Waals surface area contributed by atoms with E-state index in [0.29, 0.717) is 5.92 Å². The van der Waals surface area contributed by atoms with Crippen LogP contribution in [0.2, 0.25) is 0 Å². The summed E-state index contributed by atoms with van der Waals surface area (Å²) in [6.45, 7) is 6.54. The largest absolute Gasteiger partial charge is 0.306 e. The van der Waals surface area contributed by atoms with E-state index in [1.807, 2.05) is 18.2 Å². The Hall–Kier alpha value is -0.670. The van der Waals surface area contributed by atoms with Crippen molar-refractivity contribution in [2.75, 3.05) is 20.1 Å². The molecule has 1 fully saturated rings. The molecule has 0 bridgehead atoms. The first kappa shape index (κ1) is 11.8. The molecule has 2 heterocycles. The van der Waals surface area contributed by atoms with Gasteiger partial charge in [-0.15, -0.1) is 0 Å². The van der Waals surface area contributed by atoms with Crippen LogP contribution in [0.15, 0.2) is 29.4 Å². The number of piperidine rings is 1. The van der Waals surface area contributed by atoms with E-state index in [4.69, 9.17) is 0 Å². The van der Waals surface area contributed by atoms with Crippen LogP contribution in [0.25, 0.3) is 5.57 Å². The zero-order chi connectivity index (χ0) is 11.5. The number of aromatic nitrogens is 1. The quantitative estimate of drug-likeness (QED) is 0.774. The van der Waals surface area contributed by atoms with Gasteiger partial charge in [0.2, 0.25) is 0 Å².